The van der Waals surface area contributed by atoms with Gasteiger partial charge in [0, 0.05) is 19.4 Å². The molecule has 3 N–H and O–H groups in total. The van der Waals surface area contributed by atoms with Crippen molar-refractivity contribution in [1.82, 2.24) is 5.32 Å². The molecule has 0 radical (unpaired) electrons. The molecule has 1 amide bonds. The third-order valence-corrected chi connectivity index (χ3v) is 3.41. The van der Waals surface area contributed by atoms with Crippen molar-refractivity contribution in [2.45, 2.75) is 56.8 Å². The maximum atomic E-state index is 12.0. The summed E-state index contributed by atoms with van der Waals surface area (Å²) in [5, 5.41) is 3.07. The van der Waals surface area contributed by atoms with Gasteiger partial charge in [-0.1, -0.05) is 6.92 Å². The lowest BCUT2D eigenvalue weighted by molar-refractivity contribution is -0.138. The Morgan fingerprint density at radius 2 is 2.21 bits per heavy atom. The summed E-state index contributed by atoms with van der Waals surface area (Å²) in [6.45, 7) is 2.55. The number of hydrogen-bond donors (Lipinski definition) is 2. The van der Waals surface area contributed by atoms with Gasteiger partial charge in [-0.25, -0.2) is 0 Å². The number of carbonyl (C=O) groups is 1. The van der Waals surface area contributed by atoms with Gasteiger partial charge in [0.25, 0.3) is 0 Å². The second kappa shape index (κ2) is 6.56. The van der Waals surface area contributed by atoms with Crippen molar-refractivity contribution in [2.24, 2.45) is 5.73 Å². The summed E-state index contributed by atoms with van der Waals surface area (Å²) in [4.78, 5) is 11.5. The van der Waals surface area contributed by atoms with E-state index in [1.807, 2.05) is 6.92 Å². The molecule has 0 aromatic heterocycles. The van der Waals surface area contributed by atoms with Crippen LogP contribution in [0.1, 0.15) is 39.0 Å². The van der Waals surface area contributed by atoms with Gasteiger partial charge in [0.2, 0.25) is 5.91 Å². The maximum Gasteiger partial charge on any atom is 0.389 e. The molecular weight excluding hydrogens is 261 g/mol. The molecule has 0 spiro atoms. The Kier molecular flexibility index (Phi) is 5.61. The highest BCUT2D eigenvalue weighted by atomic mass is 19.4. The molecule has 112 valence electrons. The fraction of sp³-hybridized carbons (Fsp3) is 0.917. The van der Waals surface area contributed by atoms with Crippen molar-refractivity contribution in [2.75, 3.05) is 13.2 Å². The molecule has 1 rings (SSSR count). The number of ether oxygens (including phenoxy) is 1. The summed E-state index contributed by atoms with van der Waals surface area (Å²) >= 11 is 0. The van der Waals surface area contributed by atoms with Crippen LogP contribution in [0.3, 0.4) is 0 Å². The third-order valence-electron chi connectivity index (χ3n) is 3.41. The molecule has 0 heterocycles. The molecular formula is C12H21F3N2O2. The number of halogens is 3. The first-order valence-corrected chi connectivity index (χ1v) is 6.52. The van der Waals surface area contributed by atoms with Crippen molar-refractivity contribution < 1.29 is 22.7 Å². The van der Waals surface area contributed by atoms with Gasteiger partial charge in [-0.05, 0) is 25.8 Å². The quantitative estimate of drug-likeness (QED) is 0.699. The molecule has 7 heteroatoms. The SMILES string of the molecule is CCNC1(C(N)=O)CCC(OCCCC(F)(F)F)C1. The van der Waals surface area contributed by atoms with E-state index in [-0.39, 0.29) is 19.1 Å². The predicted octanol–water partition coefficient (Wildman–Crippen LogP) is 1.73. The molecule has 0 bridgehead atoms. The van der Waals surface area contributed by atoms with Gasteiger partial charge in [0.1, 0.15) is 5.54 Å². The molecule has 1 aliphatic rings. The topological polar surface area (TPSA) is 64.3 Å². The number of carbonyl (C=O) groups excluding carboxylic acids is 1. The Hall–Kier alpha value is -0.820. The van der Waals surface area contributed by atoms with Gasteiger partial charge in [0.15, 0.2) is 0 Å². The Morgan fingerprint density at radius 3 is 2.74 bits per heavy atom. The summed E-state index contributed by atoms with van der Waals surface area (Å²) in [7, 11) is 0. The number of nitrogens with two attached hydrogens (primary N) is 1. The Labute approximate surface area is 110 Å². The molecule has 2 unspecified atom stereocenters. The standard InChI is InChI=1S/C12H21F3N2O2/c1-2-17-11(10(16)18)6-4-9(8-11)19-7-3-5-12(13,14)15/h9,17H,2-8H2,1H3,(H2,16,18). The molecule has 1 fully saturated rings. The van der Waals surface area contributed by atoms with Gasteiger partial charge in [-0.15, -0.1) is 0 Å². The van der Waals surface area contributed by atoms with Crippen LogP contribution in [-0.4, -0.2) is 36.9 Å². The number of hydrogen-bond acceptors (Lipinski definition) is 3. The number of likely N-dealkylation sites (N-methyl/N-ethyl adjacent to an activating group) is 1. The smallest absolute Gasteiger partial charge is 0.378 e. The van der Waals surface area contributed by atoms with Crippen LogP contribution in [0.25, 0.3) is 0 Å². The van der Waals surface area contributed by atoms with Crippen LogP contribution in [0.5, 0.6) is 0 Å². The molecule has 0 aromatic carbocycles. The van der Waals surface area contributed by atoms with Crippen LogP contribution in [-0.2, 0) is 9.53 Å². The number of primary amides is 1. The van der Waals surface area contributed by atoms with Crippen molar-refractivity contribution >= 4 is 5.91 Å². The van der Waals surface area contributed by atoms with E-state index < -0.39 is 24.0 Å². The zero-order valence-electron chi connectivity index (χ0n) is 11.1. The molecule has 0 aliphatic heterocycles. The summed E-state index contributed by atoms with van der Waals surface area (Å²) < 4.78 is 41.3. The largest absolute Gasteiger partial charge is 0.389 e. The van der Waals surface area contributed by atoms with E-state index >= 15 is 0 Å². The number of rotatable bonds is 7. The van der Waals surface area contributed by atoms with E-state index in [1.165, 1.54) is 0 Å². The highest BCUT2D eigenvalue weighted by Crippen LogP contribution is 2.32. The lowest BCUT2D eigenvalue weighted by Crippen LogP contribution is -2.53. The van der Waals surface area contributed by atoms with Crippen LogP contribution in [0.2, 0.25) is 0 Å². The average Bonchev–Trinajstić information content (AvgIpc) is 2.69. The minimum absolute atomic E-state index is 0.0508. The van der Waals surface area contributed by atoms with E-state index in [9.17, 15) is 18.0 Å². The fourth-order valence-corrected chi connectivity index (χ4v) is 2.47. The zero-order chi connectivity index (χ0) is 14.5. The van der Waals surface area contributed by atoms with Crippen LogP contribution in [0.15, 0.2) is 0 Å². The zero-order valence-corrected chi connectivity index (χ0v) is 11.1. The first-order valence-electron chi connectivity index (χ1n) is 6.52. The summed E-state index contributed by atoms with van der Waals surface area (Å²) in [5.41, 5.74) is 4.63. The Morgan fingerprint density at radius 1 is 1.53 bits per heavy atom. The summed E-state index contributed by atoms with van der Waals surface area (Å²) in [5.74, 6) is -0.421. The minimum Gasteiger partial charge on any atom is -0.378 e. The minimum atomic E-state index is -4.14. The van der Waals surface area contributed by atoms with Gasteiger partial charge in [0.05, 0.1) is 6.10 Å². The molecule has 1 saturated carbocycles. The van der Waals surface area contributed by atoms with E-state index in [2.05, 4.69) is 5.32 Å². The van der Waals surface area contributed by atoms with Gasteiger partial charge in [-0.3, -0.25) is 4.79 Å². The van der Waals surface area contributed by atoms with Crippen LogP contribution < -0.4 is 11.1 Å². The lowest BCUT2D eigenvalue weighted by atomic mass is 9.96. The lowest BCUT2D eigenvalue weighted by Gasteiger charge is -2.26. The second-order valence-electron chi connectivity index (χ2n) is 4.93. The van der Waals surface area contributed by atoms with Gasteiger partial charge in [-0.2, -0.15) is 13.2 Å². The number of amides is 1. The Balaban J connectivity index is 2.33. The summed E-state index contributed by atoms with van der Waals surface area (Å²) in [6.07, 6.45) is -3.58. The van der Waals surface area contributed by atoms with Gasteiger partial charge >= 0.3 is 6.18 Å². The van der Waals surface area contributed by atoms with Crippen molar-refractivity contribution in [3.63, 3.8) is 0 Å². The van der Waals surface area contributed by atoms with E-state index in [4.69, 9.17) is 10.5 Å². The number of alkyl halides is 3. The monoisotopic (exact) mass is 282 g/mol. The normalized spacial score (nSPS) is 27.7. The van der Waals surface area contributed by atoms with Crippen LogP contribution in [0, 0.1) is 0 Å². The first kappa shape index (κ1) is 16.2. The second-order valence-corrected chi connectivity index (χ2v) is 4.93. The van der Waals surface area contributed by atoms with Crippen molar-refractivity contribution in [3.05, 3.63) is 0 Å². The average molecular weight is 282 g/mol. The van der Waals surface area contributed by atoms with Crippen molar-refractivity contribution in [3.8, 4) is 0 Å². The van der Waals surface area contributed by atoms with E-state index in [0.717, 1.165) is 0 Å². The first-order chi connectivity index (χ1) is 8.79. The maximum absolute atomic E-state index is 12.0. The molecule has 19 heavy (non-hydrogen) atoms. The predicted molar refractivity (Wildman–Crippen MR) is 64.5 cm³/mol. The Bertz CT molecular complexity index is 310. The number of nitrogens with one attached hydrogen (secondary N) is 1. The van der Waals surface area contributed by atoms with E-state index in [0.29, 0.717) is 25.8 Å². The third kappa shape index (κ3) is 4.99. The van der Waals surface area contributed by atoms with Gasteiger partial charge < -0.3 is 15.8 Å². The van der Waals surface area contributed by atoms with E-state index in [1.54, 1.807) is 0 Å². The highest BCUT2D eigenvalue weighted by molar-refractivity contribution is 5.85. The van der Waals surface area contributed by atoms with Crippen molar-refractivity contribution in [1.29, 1.82) is 0 Å². The summed E-state index contributed by atoms with van der Waals surface area (Å²) in [6, 6.07) is 0. The molecule has 1 aliphatic carbocycles. The molecule has 2 atom stereocenters. The molecule has 4 nitrogen and oxygen atoms in total. The van der Waals surface area contributed by atoms with Crippen LogP contribution in [0.4, 0.5) is 13.2 Å². The highest BCUT2D eigenvalue weighted by Gasteiger charge is 2.43. The van der Waals surface area contributed by atoms with Crippen LogP contribution >= 0.6 is 0 Å². The fourth-order valence-electron chi connectivity index (χ4n) is 2.47. The molecule has 0 saturated heterocycles. The molecule has 0 aromatic rings.